The Hall–Kier alpha value is -2.34. The third kappa shape index (κ3) is 3.90. The van der Waals surface area contributed by atoms with Gasteiger partial charge < -0.3 is 9.47 Å². The number of rotatable bonds is 6. The molecule has 1 aromatic carbocycles. The van der Waals surface area contributed by atoms with Crippen molar-refractivity contribution in [2.75, 3.05) is 13.2 Å². The number of nitrogens with zero attached hydrogens (tertiary/aromatic N) is 2. The fraction of sp³-hybridized carbons (Fsp3) is 0.312. The molecule has 122 valence electrons. The van der Waals surface area contributed by atoms with Crippen LogP contribution in [0.2, 0.25) is 5.02 Å². The lowest BCUT2D eigenvalue weighted by atomic mass is 9.97. The highest BCUT2D eigenvalue weighted by molar-refractivity contribution is 6.30. The van der Waals surface area contributed by atoms with E-state index in [0.29, 0.717) is 16.3 Å². The molecule has 0 radical (unpaired) electrons. The molecule has 7 heteroatoms. The molecular formula is C16H17ClN2O4. The van der Waals surface area contributed by atoms with Crippen LogP contribution in [0.1, 0.15) is 25.3 Å². The second kappa shape index (κ2) is 7.78. The van der Waals surface area contributed by atoms with Gasteiger partial charge in [0.05, 0.1) is 18.9 Å². The summed E-state index contributed by atoms with van der Waals surface area (Å²) < 4.78 is 11.6. The molecule has 1 heterocycles. The van der Waals surface area contributed by atoms with Crippen LogP contribution in [-0.4, -0.2) is 34.9 Å². The Labute approximate surface area is 139 Å². The number of hydrogen-bond donors (Lipinski definition) is 0. The summed E-state index contributed by atoms with van der Waals surface area (Å²) in [6, 6.07) is 6.64. The number of hydrogen-bond acceptors (Lipinski definition) is 5. The first-order valence-electron chi connectivity index (χ1n) is 7.21. The number of carbonyl (C=O) groups excluding carboxylic acids is 2. The number of ether oxygens (including phenoxy) is 2. The average Bonchev–Trinajstić information content (AvgIpc) is 3.02. The molecule has 0 bridgehead atoms. The van der Waals surface area contributed by atoms with Crippen molar-refractivity contribution in [3.05, 3.63) is 47.2 Å². The highest BCUT2D eigenvalue weighted by atomic mass is 35.5. The fourth-order valence-corrected chi connectivity index (χ4v) is 2.36. The summed E-state index contributed by atoms with van der Waals surface area (Å²) in [6.45, 7) is 3.66. The third-order valence-electron chi connectivity index (χ3n) is 3.10. The maximum Gasteiger partial charge on any atom is 0.324 e. The summed E-state index contributed by atoms with van der Waals surface area (Å²) in [5.41, 5.74) is 0.948. The molecule has 0 aliphatic heterocycles. The van der Waals surface area contributed by atoms with Crippen LogP contribution < -0.4 is 0 Å². The monoisotopic (exact) mass is 336 g/mol. The van der Waals surface area contributed by atoms with Crippen molar-refractivity contribution >= 4 is 23.5 Å². The Morgan fingerprint density at radius 1 is 1.22 bits per heavy atom. The second-order valence-corrected chi connectivity index (χ2v) is 5.03. The van der Waals surface area contributed by atoms with E-state index in [1.54, 1.807) is 55.2 Å². The number of benzene rings is 1. The van der Waals surface area contributed by atoms with Crippen molar-refractivity contribution in [2.24, 2.45) is 0 Å². The molecule has 0 unspecified atom stereocenters. The van der Waals surface area contributed by atoms with E-state index in [-0.39, 0.29) is 13.2 Å². The molecule has 0 amide bonds. The van der Waals surface area contributed by atoms with E-state index in [2.05, 4.69) is 5.10 Å². The van der Waals surface area contributed by atoms with Crippen molar-refractivity contribution < 1.29 is 19.1 Å². The van der Waals surface area contributed by atoms with Crippen molar-refractivity contribution in [3.8, 4) is 5.69 Å². The summed E-state index contributed by atoms with van der Waals surface area (Å²) >= 11 is 6.05. The summed E-state index contributed by atoms with van der Waals surface area (Å²) in [6.07, 6.45) is 3.31. The van der Waals surface area contributed by atoms with Gasteiger partial charge in [-0.2, -0.15) is 5.10 Å². The molecule has 23 heavy (non-hydrogen) atoms. The van der Waals surface area contributed by atoms with Crippen LogP contribution in [0.5, 0.6) is 0 Å². The van der Waals surface area contributed by atoms with E-state index in [1.807, 2.05) is 0 Å². The molecule has 0 spiro atoms. The third-order valence-corrected chi connectivity index (χ3v) is 3.33. The van der Waals surface area contributed by atoms with Gasteiger partial charge in [0.2, 0.25) is 0 Å². The highest BCUT2D eigenvalue weighted by Gasteiger charge is 2.34. The number of esters is 2. The SMILES string of the molecule is CCOC(=O)C(C(=O)OCC)c1cc(Cl)ccc1-n1cccn1. The zero-order valence-corrected chi connectivity index (χ0v) is 13.6. The van der Waals surface area contributed by atoms with E-state index in [9.17, 15) is 9.59 Å². The van der Waals surface area contributed by atoms with Crippen LogP contribution in [0.3, 0.4) is 0 Å². The molecule has 0 N–H and O–H groups in total. The quantitative estimate of drug-likeness (QED) is 0.599. The van der Waals surface area contributed by atoms with Crippen molar-refractivity contribution in [1.82, 2.24) is 9.78 Å². The Morgan fingerprint density at radius 3 is 2.39 bits per heavy atom. The largest absolute Gasteiger partial charge is 0.465 e. The van der Waals surface area contributed by atoms with Crippen LogP contribution in [-0.2, 0) is 19.1 Å². The fourth-order valence-electron chi connectivity index (χ4n) is 2.18. The van der Waals surface area contributed by atoms with Gasteiger partial charge in [0.25, 0.3) is 0 Å². The van der Waals surface area contributed by atoms with Gasteiger partial charge in [0.1, 0.15) is 0 Å². The predicted molar refractivity (Wildman–Crippen MR) is 84.6 cm³/mol. The molecule has 0 aliphatic rings. The minimum absolute atomic E-state index is 0.159. The highest BCUT2D eigenvalue weighted by Crippen LogP contribution is 2.29. The lowest BCUT2D eigenvalue weighted by molar-refractivity contribution is -0.156. The van der Waals surface area contributed by atoms with Crippen molar-refractivity contribution in [3.63, 3.8) is 0 Å². The standard InChI is InChI=1S/C16H17ClN2O4/c1-3-22-15(20)14(16(21)23-4-2)12-10-11(17)6-7-13(12)19-9-5-8-18-19/h5-10,14H,3-4H2,1-2H3. The lowest BCUT2D eigenvalue weighted by Gasteiger charge is -2.18. The number of halogens is 1. The van der Waals surface area contributed by atoms with Crippen LogP contribution in [0.15, 0.2) is 36.7 Å². The van der Waals surface area contributed by atoms with Gasteiger partial charge in [-0.15, -0.1) is 0 Å². The van der Waals surface area contributed by atoms with Crippen LogP contribution in [0, 0.1) is 0 Å². The maximum absolute atomic E-state index is 12.3. The minimum atomic E-state index is -1.22. The molecular weight excluding hydrogens is 320 g/mol. The van der Waals surface area contributed by atoms with E-state index >= 15 is 0 Å². The lowest BCUT2D eigenvalue weighted by Crippen LogP contribution is -2.27. The second-order valence-electron chi connectivity index (χ2n) is 4.59. The van der Waals surface area contributed by atoms with E-state index in [1.165, 1.54) is 0 Å². The molecule has 1 aromatic heterocycles. The summed E-state index contributed by atoms with van der Waals surface area (Å²) in [7, 11) is 0. The Kier molecular flexibility index (Phi) is 5.76. The van der Waals surface area contributed by atoms with Crippen LogP contribution in [0.25, 0.3) is 5.69 Å². The van der Waals surface area contributed by atoms with Crippen LogP contribution in [0.4, 0.5) is 0 Å². The molecule has 0 saturated carbocycles. The van der Waals surface area contributed by atoms with Gasteiger partial charge in [0.15, 0.2) is 5.92 Å². The molecule has 2 rings (SSSR count). The molecule has 2 aromatic rings. The van der Waals surface area contributed by atoms with Gasteiger partial charge in [-0.3, -0.25) is 9.59 Å². The molecule has 0 atom stereocenters. The number of carbonyl (C=O) groups is 2. The van der Waals surface area contributed by atoms with Gasteiger partial charge >= 0.3 is 11.9 Å². The first-order valence-corrected chi connectivity index (χ1v) is 7.59. The van der Waals surface area contributed by atoms with E-state index in [0.717, 1.165) is 0 Å². The first-order chi connectivity index (χ1) is 11.1. The summed E-state index contributed by atoms with van der Waals surface area (Å²) in [5.74, 6) is -2.57. The van der Waals surface area contributed by atoms with Gasteiger partial charge in [0, 0.05) is 23.0 Å². The molecule has 0 saturated heterocycles. The smallest absolute Gasteiger partial charge is 0.324 e. The number of aromatic nitrogens is 2. The van der Waals surface area contributed by atoms with Gasteiger partial charge in [-0.1, -0.05) is 11.6 Å². The first kappa shape index (κ1) is 17.0. The zero-order chi connectivity index (χ0) is 16.8. The van der Waals surface area contributed by atoms with Crippen molar-refractivity contribution in [1.29, 1.82) is 0 Å². The van der Waals surface area contributed by atoms with Gasteiger partial charge in [-0.05, 0) is 38.1 Å². The molecule has 0 fully saturated rings. The van der Waals surface area contributed by atoms with Crippen molar-refractivity contribution in [2.45, 2.75) is 19.8 Å². The Bertz CT molecular complexity index is 667. The zero-order valence-electron chi connectivity index (χ0n) is 12.9. The van der Waals surface area contributed by atoms with E-state index in [4.69, 9.17) is 21.1 Å². The summed E-state index contributed by atoms with van der Waals surface area (Å²) in [4.78, 5) is 24.6. The van der Waals surface area contributed by atoms with Crippen LogP contribution >= 0.6 is 11.6 Å². The Balaban J connectivity index is 2.55. The van der Waals surface area contributed by atoms with Gasteiger partial charge in [-0.25, -0.2) is 4.68 Å². The summed E-state index contributed by atoms with van der Waals surface area (Å²) in [5, 5.41) is 4.54. The Morgan fingerprint density at radius 2 is 1.87 bits per heavy atom. The topological polar surface area (TPSA) is 70.4 Å². The average molecular weight is 337 g/mol. The predicted octanol–water partition coefficient (Wildman–Crippen LogP) is 2.74. The normalized spacial score (nSPS) is 10.6. The minimum Gasteiger partial charge on any atom is -0.465 e. The van der Waals surface area contributed by atoms with E-state index < -0.39 is 17.9 Å². The molecule has 0 aliphatic carbocycles. The maximum atomic E-state index is 12.3. The molecule has 6 nitrogen and oxygen atoms in total.